The van der Waals surface area contributed by atoms with Gasteiger partial charge < -0.3 is 19.9 Å². The Bertz CT molecular complexity index is 525. The summed E-state index contributed by atoms with van der Waals surface area (Å²) in [5, 5.41) is 13.1. The maximum Gasteiger partial charge on any atom is 0.231 e. The van der Waals surface area contributed by atoms with Crippen LogP contribution in [0, 0.1) is 5.92 Å². The van der Waals surface area contributed by atoms with Crippen LogP contribution in [0.1, 0.15) is 50.2 Å². The van der Waals surface area contributed by atoms with Gasteiger partial charge in [0.2, 0.25) is 12.7 Å². The molecule has 0 aromatic heterocycles. The SMILES string of the molecule is O=C(CC1CCCC1)NCCC(O)c1ccc2c(c1)OCO2. The van der Waals surface area contributed by atoms with Crippen LogP contribution in [0.4, 0.5) is 0 Å². The van der Waals surface area contributed by atoms with Gasteiger partial charge in [-0.3, -0.25) is 4.79 Å². The fourth-order valence-electron chi connectivity index (χ4n) is 3.18. The molecular formula is C17H23NO4. The maximum atomic E-state index is 11.8. The molecule has 5 nitrogen and oxygen atoms in total. The maximum absolute atomic E-state index is 11.8. The molecule has 0 radical (unpaired) electrons. The zero-order valence-corrected chi connectivity index (χ0v) is 12.7. The van der Waals surface area contributed by atoms with Gasteiger partial charge in [0.25, 0.3) is 0 Å². The molecule has 1 amide bonds. The molecule has 5 heteroatoms. The first kappa shape index (κ1) is 15.2. The lowest BCUT2D eigenvalue weighted by molar-refractivity contribution is -0.122. The molecule has 1 aromatic carbocycles. The minimum Gasteiger partial charge on any atom is -0.454 e. The highest BCUT2D eigenvalue weighted by atomic mass is 16.7. The van der Waals surface area contributed by atoms with Crippen LogP contribution in [0.15, 0.2) is 18.2 Å². The number of amides is 1. The zero-order chi connectivity index (χ0) is 15.4. The third kappa shape index (κ3) is 3.71. The Morgan fingerprint density at radius 2 is 2.05 bits per heavy atom. The number of benzene rings is 1. The van der Waals surface area contributed by atoms with Crippen LogP contribution in [0.3, 0.4) is 0 Å². The summed E-state index contributed by atoms with van der Waals surface area (Å²) in [5.74, 6) is 2.03. The highest BCUT2D eigenvalue weighted by Gasteiger charge is 2.19. The molecule has 1 saturated carbocycles. The minimum atomic E-state index is -0.610. The molecule has 120 valence electrons. The van der Waals surface area contributed by atoms with E-state index in [2.05, 4.69) is 5.32 Å². The molecule has 1 unspecified atom stereocenters. The lowest BCUT2D eigenvalue weighted by Crippen LogP contribution is -2.27. The quantitative estimate of drug-likeness (QED) is 0.847. The Morgan fingerprint density at radius 1 is 1.27 bits per heavy atom. The normalized spacial score (nSPS) is 18.4. The van der Waals surface area contributed by atoms with Gasteiger partial charge in [-0.25, -0.2) is 0 Å². The summed E-state index contributed by atoms with van der Waals surface area (Å²) >= 11 is 0. The number of aliphatic hydroxyl groups is 1. The van der Waals surface area contributed by atoms with Crippen molar-refractivity contribution in [3.05, 3.63) is 23.8 Å². The minimum absolute atomic E-state index is 0.102. The summed E-state index contributed by atoms with van der Waals surface area (Å²) in [5.41, 5.74) is 0.786. The molecule has 1 heterocycles. The highest BCUT2D eigenvalue weighted by molar-refractivity contribution is 5.76. The lowest BCUT2D eigenvalue weighted by atomic mass is 10.0. The molecule has 0 spiro atoms. The number of nitrogens with one attached hydrogen (secondary N) is 1. The molecule has 2 aliphatic rings. The first-order valence-corrected chi connectivity index (χ1v) is 8.06. The van der Waals surface area contributed by atoms with E-state index in [1.54, 1.807) is 12.1 Å². The van der Waals surface area contributed by atoms with Crippen LogP contribution >= 0.6 is 0 Å². The Labute approximate surface area is 130 Å². The van der Waals surface area contributed by atoms with E-state index in [4.69, 9.17) is 9.47 Å². The van der Waals surface area contributed by atoms with E-state index >= 15 is 0 Å². The summed E-state index contributed by atoms with van der Waals surface area (Å²) in [6.07, 6.45) is 5.36. The molecule has 1 fully saturated rings. The molecule has 22 heavy (non-hydrogen) atoms. The van der Waals surface area contributed by atoms with Gasteiger partial charge in [-0.1, -0.05) is 18.9 Å². The molecule has 2 N–H and O–H groups in total. The van der Waals surface area contributed by atoms with Crippen molar-refractivity contribution in [1.82, 2.24) is 5.32 Å². The molecule has 1 atom stereocenters. The van der Waals surface area contributed by atoms with Crippen molar-refractivity contribution in [2.45, 2.75) is 44.6 Å². The van der Waals surface area contributed by atoms with E-state index in [0.29, 0.717) is 36.8 Å². The van der Waals surface area contributed by atoms with Crippen LogP contribution in [0.25, 0.3) is 0 Å². The number of ether oxygens (including phenoxy) is 2. The fraction of sp³-hybridized carbons (Fsp3) is 0.588. The van der Waals surface area contributed by atoms with E-state index in [-0.39, 0.29) is 12.7 Å². The van der Waals surface area contributed by atoms with E-state index in [0.717, 1.165) is 5.56 Å². The number of hydrogen-bond acceptors (Lipinski definition) is 4. The first-order chi connectivity index (χ1) is 10.7. The Balaban J connectivity index is 1.42. The predicted molar refractivity (Wildman–Crippen MR) is 81.7 cm³/mol. The van der Waals surface area contributed by atoms with E-state index < -0.39 is 6.10 Å². The standard InChI is InChI=1S/C17H23NO4/c19-14(13-5-6-15-16(10-13)22-11-21-15)7-8-18-17(20)9-12-3-1-2-4-12/h5-6,10,12,14,19H,1-4,7-9,11H2,(H,18,20). The van der Waals surface area contributed by atoms with Crippen LogP contribution in [0.2, 0.25) is 0 Å². The number of aliphatic hydroxyl groups excluding tert-OH is 1. The summed E-state index contributed by atoms with van der Waals surface area (Å²) in [7, 11) is 0. The molecule has 1 aliphatic heterocycles. The smallest absolute Gasteiger partial charge is 0.231 e. The third-order valence-electron chi connectivity index (χ3n) is 4.47. The number of carbonyl (C=O) groups is 1. The van der Waals surface area contributed by atoms with Crippen molar-refractivity contribution in [3.8, 4) is 11.5 Å². The van der Waals surface area contributed by atoms with Crippen molar-refractivity contribution in [2.75, 3.05) is 13.3 Å². The molecule has 1 aliphatic carbocycles. The Kier molecular flexibility index (Phi) is 4.83. The Morgan fingerprint density at radius 3 is 2.86 bits per heavy atom. The summed E-state index contributed by atoms with van der Waals surface area (Å²) in [4.78, 5) is 11.8. The van der Waals surface area contributed by atoms with Gasteiger partial charge in [-0.15, -0.1) is 0 Å². The van der Waals surface area contributed by atoms with Gasteiger partial charge in [-0.05, 0) is 42.9 Å². The highest BCUT2D eigenvalue weighted by Crippen LogP contribution is 2.34. The molecule has 1 aromatic rings. The van der Waals surface area contributed by atoms with Crippen molar-refractivity contribution in [2.24, 2.45) is 5.92 Å². The van der Waals surface area contributed by atoms with Crippen molar-refractivity contribution < 1.29 is 19.4 Å². The van der Waals surface area contributed by atoms with Gasteiger partial charge >= 0.3 is 0 Å². The second-order valence-corrected chi connectivity index (χ2v) is 6.12. The average molecular weight is 305 g/mol. The van der Waals surface area contributed by atoms with E-state index in [1.807, 2.05) is 6.07 Å². The lowest BCUT2D eigenvalue weighted by Gasteiger charge is -2.13. The monoisotopic (exact) mass is 305 g/mol. The topological polar surface area (TPSA) is 67.8 Å². The van der Waals surface area contributed by atoms with E-state index in [1.165, 1.54) is 25.7 Å². The van der Waals surface area contributed by atoms with Gasteiger partial charge in [-0.2, -0.15) is 0 Å². The predicted octanol–water partition coefficient (Wildman–Crippen LogP) is 2.54. The number of hydrogen-bond donors (Lipinski definition) is 2. The zero-order valence-electron chi connectivity index (χ0n) is 12.7. The van der Waals surface area contributed by atoms with Gasteiger partial charge in [0.15, 0.2) is 11.5 Å². The van der Waals surface area contributed by atoms with Crippen LogP contribution in [0.5, 0.6) is 11.5 Å². The number of carbonyl (C=O) groups excluding carboxylic acids is 1. The summed E-state index contributed by atoms with van der Waals surface area (Å²) < 4.78 is 10.6. The van der Waals surface area contributed by atoms with Gasteiger partial charge in [0.1, 0.15) is 0 Å². The fourth-order valence-corrected chi connectivity index (χ4v) is 3.18. The molecule has 3 rings (SSSR count). The van der Waals surface area contributed by atoms with Crippen LogP contribution in [-0.2, 0) is 4.79 Å². The third-order valence-corrected chi connectivity index (χ3v) is 4.47. The second-order valence-electron chi connectivity index (χ2n) is 6.12. The largest absolute Gasteiger partial charge is 0.454 e. The molecule has 0 saturated heterocycles. The van der Waals surface area contributed by atoms with Crippen molar-refractivity contribution in [3.63, 3.8) is 0 Å². The second kappa shape index (κ2) is 7.01. The number of fused-ring (bicyclic) bond motifs is 1. The molecule has 0 bridgehead atoms. The van der Waals surface area contributed by atoms with Crippen molar-refractivity contribution >= 4 is 5.91 Å². The summed E-state index contributed by atoms with van der Waals surface area (Å²) in [6.45, 7) is 0.716. The number of rotatable bonds is 6. The van der Waals surface area contributed by atoms with Crippen molar-refractivity contribution in [1.29, 1.82) is 0 Å². The van der Waals surface area contributed by atoms with E-state index in [9.17, 15) is 9.90 Å². The summed E-state index contributed by atoms with van der Waals surface area (Å²) in [6, 6.07) is 5.44. The first-order valence-electron chi connectivity index (χ1n) is 8.06. The van der Waals surface area contributed by atoms with Gasteiger partial charge in [0, 0.05) is 13.0 Å². The average Bonchev–Trinajstić information content (AvgIpc) is 3.17. The van der Waals surface area contributed by atoms with Crippen LogP contribution in [-0.4, -0.2) is 24.4 Å². The Hall–Kier alpha value is -1.75. The molecular weight excluding hydrogens is 282 g/mol. The van der Waals surface area contributed by atoms with Gasteiger partial charge in [0.05, 0.1) is 6.10 Å². The van der Waals surface area contributed by atoms with Crippen LogP contribution < -0.4 is 14.8 Å².